The van der Waals surface area contributed by atoms with Crippen molar-refractivity contribution < 1.29 is 14.6 Å². The standard InChI is InChI=1S/C26H30ClN3O3S/c1-33-23-17-21(11-8-18(23)5-4-15-30-13-2-3-14-30)28-25(32)24-22(12-16-31)29-26(34-24)19-6-9-20(27)10-7-19/h6-11,17,31H,2-5,12-16H2,1H3,(H,28,32). The highest BCUT2D eigenvalue weighted by molar-refractivity contribution is 7.17. The van der Waals surface area contributed by atoms with E-state index in [0.717, 1.165) is 41.3 Å². The number of carbonyl (C=O) groups excluding carboxylic acids is 1. The van der Waals surface area contributed by atoms with Crippen molar-refractivity contribution in [2.45, 2.75) is 32.1 Å². The Kier molecular flexibility index (Phi) is 8.56. The van der Waals surface area contributed by atoms with Crippen LogP contribution in [0.3, 0.4) is 0 Å². The molecule has 34 heavy (non-hydrogen) atoms. The van der Waals surface area contributed by atoms with Gasteiger partial charge in [0.1, 0.15) is 15.6 Å². The van der Waals surface area contributed by atoms with Gasteiger partial charge in [0.05, 0.1) is 12.8 Å². The maximum atomic E-state index is 13.1. The van der Waals surface area contributed by atoms with E-state index < -0.39 is 0 Å². The Morgan fingerprint density at radius 1 is 1.18 bits per heavy atom. The van der Waals surface area contributed by atoms with Gasteiger partial charge in [-0.1, -0.05) is 29.8 Å². The van der Waals surface area contributed by atoms with Crippen molar-refractivity contribution in [1.82, 2.24) is 9.88 Å². The van der Waals surface area contributed by atoms with Gasteiger partial charge in [-0.05, 0) is 69.1 Å². The van der Waals surface area contributed by atoms with E-state index in [1.807, 2.05) is 30.3 Å². The van der Waals surface area contributed by atoms with E-state index in [2.05, 4.69) is 15.2 Å². The summed E-state index contributed by atoms with van der Waals surface area (Å²) in [4.78, 5) is 20.7. The topological polar surface area (TPSA) is 74.7 Å². The second-order valence-electron chi connectivity index (χ2n) is 8.41. The summed E-state index contributed by atoms with van der Waals surface area (Å²) in [5, 5.41) is 13.8. The molecule has 0 aliphatic carbocycles. The zero-order valence-electron chi connectivity index (χ0n) is 19.3. The molecule has 4 rings (SSSR count). The van der Waals surface area contributed by atoms with Crippen LogP contribution in [0.25, 0.3) is 10.6 Å². The third kappa shape index (κ3) is 6.16. The third-order valence-corrected chi connectivity index (χ3v) is 7.40. The fourth-order valence-electron chi connectivity index (χ4n) is 4.24. The third-order valence-electron chi connectivity index (χ3n) is 6.01. The van der Waals surface area contributed by atoms with Crippen molar-refractivity contribution in [1.29, 1.82) is 0 Å². The quantitative estimate of drug-likeness (QED) is 0.396. The molecule has 0 bridgehead atoms. The molecule has 2 aromatic carbocycles. The lowest BCUT2D eigenvalue weighted by atomic mass is 10.1. The monoisotopic (exact) mass is 499 g/mol. The van der Waals surface area contributed by atoms with Gasteiger partial charge in [0, 0.05) is 35.4 Å². The number of anilines is 1. The minimum atomic E-state index is -0.245. The largest absolute Gasteiger partial charge is 0.496 e. The van der Waals surface area contributed by atoms with Gasteiger partial charge in [0.25, 0.3) is 5.91 Å². The van der Waals surface area contributed by atoms with Crippen LogP contribution in [0.15, 0.2) is 42.5 Å². The number of aryl methyl sites for hydroxylation is 1. The molecule has 8 heteroatoms. The molecular formula is C26H30ClN3O3S. The number of aliphatic hydroxyl groups is 1. The zero-order valence-corrected chi connectivity index (χ0v) is 20.9. The molecule has 6 nitrogen and oxygen atoms in total. The number of hydrogen-bond donors (Lipinski definition) is 2. The van der Waals surface area contributed by atoms with Crippen LogP contribution in [0.4, 0.5) is 5.69 Å². The van der Waals surface area contributed by atoms with E-state index in [9.17, 15) is 9.90 Å². The Hall–Kier alpha value is -2.45. The normalized spacial score (nSPS) is 13.9. The van der Waals surface area contributed by atoms with E-state index in [0.29, 0.717) is 27.7 Å². The van der Waals surface area contributed by atoms with E-state index in [-0.39, 0.29) is 12.5 Å². The minimum absolute atomic E-state index is 0.0793. The molecule has 1 aliphatic rings. The number of carbonyl (C=O) groups is 1. The van der Waals surface area contributed by atoms with Crippen molar-refractivity contribution in [2.75, 3.05) is 38.7 Å². The molecule has 1 amide bonds. The Bertz CT molecular complexity index is 1110. The summed E-state index contributed by atoms with van der Waals surface area (Å²) >= 11 is 7.30. The van der Waals surface area contributed by atoms with Gasteiger partial charge in [-0.3, -0.25) is 4.79 Å². The van der Waals surface area contributed by atoms with E-state index in [1.54, 1.807) is 19.2 Å². The molecule has 2 heterocycles. The van der Waals surface area contributed by atoms with Gasteiger partial charge < -0.3 is 20.1 Å². The molecule has 1 aliphatic heterocycles. The Morgan fingerprint density at radius 3 is 2.65 bits per heavy atom. The SMILES string of the molecule is COc1cc(NC(=O)c2sc(-c3ccc(Cl)cc3)nc2CCO)ccc1CCCN1CCCC1. The van der Waals surface area contributed by atoms with E-state index >= 15 is 0 Å². The molecule has 0 atom stereocenters. The van der Waals surface area contributed by atoms with Crippen LogP contribution in [0.5, 0.6) is 5.75 Å². The highest BCUT2D eigenvalue weighted by Gasteiger charge is 2.19. The number of hydrogen-bond acceptors (Lipinski definition) is 6. The summed E-state index contributed by atoms with van der Waals surface area (Å²) in [5.74, 6) is 0.533. The summed E-state index contributed by atoms with van der Waals surface area (Å²) in [5.41, 5.74) is 3.28. The average molecular weight is 500 g/mol. The van der Waals surface area contributed by atoms with Crippen molar-refractivity contribution >= 4 is 34.5 Å². The lowest BCUT2D eigenvalue weighted by Crippen LogP contribution is -2.20. The first kappa shape index (κ1) is 24.7. The van der Waals surface area contributed by atoms with Crippen LogP contribution in [-0.2, 0) is 12.8 Å². The molecule has 0 spiro atoms. The first-order valence-electron chi connectivity index (χ1n) is 11.6. The summed E-state index contributed by atoms with van der Waals surface area (Å²) < 4.78 is 5.61. The van der Waals surface area contributed by atoms with Crippen LogP contribution in [0.1, 0.15) is 40.2 Å². The summed E-state index contributed by atoms with van der Waals surface area (Å²) in [7, 11) is 1.66. The van der Waals surface area contributed by atoms with Gasteiger partial charge in [0.15, 0.2) is 0 Å². The van der Waals surface area contributed by atoms with Crippen molar-refractivity contribution in [3.8, 4) is 16.3 Å². The maximum absolute atomic E-state index is 13.1. The summed E-state index contributed by atoms with van der Waals surface area (Å²) in [6.45, 7) is 3.44. The van der Waals surface area contributed by atoms with Crippen LogP contribution in [0.2, 0.25) is 5.02 Å². The molecule has 180 valence electrons. The first-order chi connectivity index (χ1) is 16.6. The zero-order chi connectivity index (χ0) is 23.9. The highest BCUT2D eigenvalue weighted by Crippen LogP contribution is 2.31. The highest BCUT2D eigenvalue weighted by atomic mass is 35.5. The molecule has 0 saturated carbocycles. The number of rotatable bonds is 10. The van der Waals surface area contributed by atoms with Crippen molar-refractivity contribution in [2.24, 2.45) is 0 Å². The Morgan fingerprint density at radius 2 is 1.94 bits per heavy atom. The van der Waals surface area contributed by atoms with Crippen LogP contribution >= 0.6 is 22.9 Å². The smallest absolute Gasteiger partial charge is 0.267 e. The lowest BCUT2D eigenvalue weighted by Gasteiger charge is -2.15. The fourth-order valence-corrected chi connectivity index (χ4v) is 5.37. The summed E-state index contributed by atoms with van der Waals surface area (Å²) in [6, 6.07) is 13.1. The van der Waals surface area contributed by atoms with Gasteiger partial charge >= 0.3 is 0 Å². The lowest BCUT2D eigenvalue weighted by molar-refractivity contribution is 0.102. The van der Waals surface area contributed by atoms with Gasteiger partial charge in [-0.2, -0.15) is 0 Å². The van der Waals surface area contributed by atoms with Crippen LogP contribution in [0, 0.1) is 0 Å². The number of nitrogens with zero attached hydrogens (tertiary/aromatic N) is 2. The fraction of sp³-hybridized carbons (Fsp3) is 0.385. The van der Waals surface area contributed by atoms with Crippen LogP contribution in [-0.4, -0.2) is 54.2 Å². The number of benzene rings is 2. The molecular weight excluding hydrogens is 470 g/mol. The molecule has 1 fully saturated rings. The van der Waals surface area contributed by atoms with Crippen molar-refractivity contribution in [3.63, 3.8) is 0 Å². The second-order valence-corrected chi connectivity index (χ2v) is 9.84. The Labute approximate surface area is 209 Å². The van der Waals surface area contributed by atoms with Gasteiger partial charge in [-0.25, -0.2) is 4.98 Å². The Balaban J connectivity index is 1.46. The van der Waals surface area contributed by atoms with Crippen LogP contribution < -0.4 is 10.1 Å². The molecule has 2 N–H and O–H groups in total. The van der Waals surface area contributed by atoms with Gasteiger partial charge in [-0.15, -0.1) is 11.3 Å². The van der Waals surface area contributed by atoms with E-state index in [1.165, 1.54) is 37.3 Å². The molecule has 1 aromatic heterocycles. The number of thiazole rings is 1. The number of aliphatic hydroxyl groups excluding tert-OH is 1. The average Bonchev–Trinajstić information content (AvgIpc) is 3.51. The number of halogens is 1. The number of amides is 1. The molecule has 3 aromatic rings. The molecule has 1 saturated heterocycles. The number of methoxy groups -OCH3 is 1. The number of likely N-dealkylation sites (tertiary alicyclic amines) is 1. The minimum Gasteiger partial charge on any atom is -0.496 e. The number of aromatic nitrogens is 1. The predicted molar refractivity (Wildman–Crippen MR) is 138 cm³/mol. The predicted octanol–water partition coefficient (Wildman–Crippen LogP) is 5.29. The van der Waals surface area contributed by atoms with E-state index in [4.69, 9.17) is 16.3 Å². The van der Waals surface area contributed by atoms with Crippen molar-refractivity contribution in [3.05, 3.63) is 63.6 Å². The molecule has 0 radical (unpaired) electrons. The second kappa shape index (κ2) is 11.8. The first-order valence-corrected chi connectivity index (χ1v) is 12.8. The number of nitrogens with one attached hydrogen (secondary N) is 1. The van der Waals surface area contributed by atoms with Gasteiger partial charge in [0.2, 0.25) is 0 Å². The number of ether oxygens (including phenoxy) is 1. The molecule has 0 unspecified atom stereocenters. The summed E-state index contributed by atoms with van der Waals surface area (Å²) in [6.07, 6.45) is 4.94. The maximum Gasteiger partial charge on any atom is 0.267 e.